The van der Waals surface area contributed by atoms with Crippen molar-refractivity contribution in [1.82, 2.24) is 4.72 Å². The lowest BCUT2D eigenvalue weighted by Gasteiger charge is -2.13. The molecule has 10 nitrogen and oxygen atoms in total. The second-order valence-corrected chi connectivity index (χ2v) is 8.32. The van der Waals surface area contributed by atoms with Crippen LogP contribution in [0.5, 0.6) is 0 Å². The number of ether oxygens (including phenoxy) is 1. The van der Waals surface area contributed by atoms with Gasteiger partial charge in [0.1, 0.15) is 12.2 Å². The van der Waals surface area contributed by atoms with E-state index in [2.05, 4.69) is 5.32 Å². The third kappa shape index (κ3) is 6.09. The third-order valence-electron chi connectivity index (χ3n) is 4.48. The van der Waals surface area contributed by atoms with Gasteiger partial charge in [-0.3, -0.25) is 19.7 Å². The van der Waals surface area contributed by atoms with Crippen LogP contribution in [0.2, 0.25) is 0 Å². The van der Waals surface area contributed by atoms with Crippen molar-refractivity contribution in [1.29, 1.82) is 0 Å². The Labute approximate surface area is 179 Å². The largest absolute Gasteiger partial charge is 0.453 e. The maximum atomic E-state index is 12.4. The normalized spacial score (nSPS) is 12.1. The van der Waals surface area contributed by atoms with Gasteiger partial charge in [-0.15, -0.1) is 0 Å². The van der Waals surface area contributed by atoms with Crippen LogP contribution in [0.3, 0.4) is 0 Å². The zero-order chi connectivity index (χ0) is 23.2. The number of sulfonamides is 1. The number of nitrogens with one attached hydrogen (secondary N) is 2. The number of hydrogen-bond donors (Lipinski definition) is 2. The van der Waals surface area contributed by atoms with Crippen LogP contribution in [0.1, 0.15) is 29.8 Å². The summed E-state index contributed by atoms with van der Waals surface area (Å²) in [7, 11) is -2.76. The molecular formula is C20H23N3O7S. The SMILES string of the molecule is CCc1ccc(C(=O)C(C)OC(=O)CNS(=O)(=O)c2ccc(NC)c([N+](=O)[O-])c2)cc1. The van der Waals surface area contributed by atoms with Crippen LogP contribution in [0.15, 0.2) is 47.4 Å². The van der Waals surface area contributed by atoms with Gasteiger partial charge in [0.2, 0.25) is 15.8 Å². The molecule has 0 radical (unpaired) electrons. The van der Waals surface area contributed by atoms with Crippen molar-refractivity contribution in [3.8, 4) is 0 Å². The maximum absolute atomic E-state index is 12.4. The van der Waals surface area contributed by atoms with Gasteiger partial charge in [0.05, 0.1) is 9.82 Å². The van der Waals surface area contributed by atoms with Gasteiger partial charge in [0.25, 0.3) is 5.69 Å². The molecule has 0 aromatic heterocycles. The van der Waals surface area contributed by atoms with E-state index in [0.717, 1.165) is 18.1 Å². The highest BCUT2D eigenvalue weighted by molar-refractivity contribution is 7.89. The van der Waals surface area contributed by atoms with E-state index in [0.29, 0.717) is 5.56 Å². The Bertz CT molecular complexity index is 1080. The highest BCUT2D eigenvalue weighted by Gasteiger charge is 2.24. The monoisotopic (exact) mass is 449 g/mol. The molecule has 1 unspecified atom stereocenters. The number of benzene rings is 2. The summed E-state index contributed by atoms with van der Waals surface area (Å²) in [5.74, 6) is -1.38. The molecule has 2 aromatic carbocycles. The van der Waals surface area contributed by atoms with Crippen LogP contribution in [-0.4, -0.2) is 44.8 Å². The molecule has 0 aliphatic rings. The van der Waals surface area contributed by atoms with E-state index in [1.54, 1.807) is 24.3 Å². The molecule has 2 rings (SSSR count). The van der Waals surface area contributed by atoms with E-state index in [4.69, 9.17) is 4.74 Å². The average molecular weight is 449 g/mol. The number of nitro benzene ring substituents is 1. The summed E-state index contributed by atoms with van der Waals surface area (Å²) in [5, 5.41) is 13.7. The number of anilines is 1. The van der Waals surface area contributed by atoms with Gasteiger partial charge in [0.15, 0.2) is 6.10 Å². The van der Waals surface area contributed by atoms with Crippen molar-refractivity contribution >= 4 is 33.2 Å². The first-order valence-corrected chi connectivity index (χ1v) is 10.9. The molecule has 2 N–H and O–H groups in total. The highest BCUT2D eigenvalue weighted by atomic mass is 32.2. The molecule has 0 aliphatic carbocycles. The van der Waals surface area contributed by atoms with E-state index >= 15 is 0 Å². The predicted molar refractivity (Wildman–Crippen MR) is 114 cm³/mol. The van der Waals surface area contributed by atoms with Gasteiger partial charge in [-0.1, -0.05) is 31.2 Å². The fraction of sp³-hybridized carbons (Fsp3) is 0.300. The van der Waals surface area contributed by atoms with E-state index in [9.17, 15) is 28.1 Å². The molecule has 0 heterocycles. The lowest BCUT2D eigenvalue weighted by Crippen LogP contribution is -2.34. The molecule has 0 saturated heterocycles. The quantitative estimate of drug-likeness (QED) is 0.243. The smallest absolute Gasteiger partial charge is 0.321 e. The van der Waals surface area contributed by atoms with Gasteiger partial charge >= 0.3 is 5.97 Å². The van der Waals surface area contributed by atoms with Gasteiger partial charge in [-0.2, -0.15) is 4.72 Å². The topological polar surface area (TPSA) is 145 Å². The molecule has 0 amide bonds. The molecule has 0 aliphatic heterocycles. The van der Waals surface area contributed by atoms with Crippen molar-refractivity contribution in [2.24, 2.45) is 0 Å². The van der Waals surface area contributed by atoms with Crippen LogP contribution >= 0.6 is 0 Å². The summed E-state index contributed by atoms with van der Waals surface area (Å²) < 4.78 is 31.8. The first kappa shape index (κ1) is 24.0. The van der Waals surface area contributed by atoms with Gasteiger partial charge < -0.3 is 10.1 Å². The lowest BCUT2D eigenvalue weighted by atomic mass is 10.0. The van der Waals surface area contributed by atoms with Crippen LogP contribution in [0.25, 0.3) is 0 Å². The van der Waals surface area contributed by atoms with Gasteiger partial charge in [-0.05, 0) is 31.0 Å². The van der Waals surface area contributed by atoms with Crippen molar-refractivity contribution in [3.05, 3.63) is 63.7 Å². The zero-order valence-electron chi connectivity index (χ0n) is 17.2. The number of rotatable bonds is 10. The minimum Gasteiger partial charge on any atom is -0.453 e. The maximum Gasteiger partial charge on any atom is 0.321 e. The summed E-state index contributed by atoms with van der Waals surface area (Å²) in [5.41, 5.74) is 1.14. The summed E-state index contributed by atoms with van der Waals surface area (Å²) in [6.07, 6.45) is -0.291. The second kappa shape index (κ2) is 10.1. The van der Waals surface area contributed by atoms with E-state index < -0.39 is 45.0 Å². The molecule has 2 aromatic rings. The standard InChI is InChI=1S/C20H23N3O7S/c1-4-14-5-7-15(8-6-14)20(25)13(2)30-19(24)12-22-31(28,29)16-9-10-17(21-3)18(11-16)23(26)27/h5-11,13,21-22H,4,12H2,1-3H3. The fourth-order valence-corrected chi connectivity index (χ4v) is 3.70. The Morgan fingerprint density at radius 1 is 1.16 bits per heavy atom. The van der Waals surface area contributed by atoms with Crippen LogP contribution in [-0.2, 0) is 26.0 Å². The van der Waals surface area contributed by atoms with Crippen LogP contribution in [0, 0.1) is 10.1 Å². The number of Topliss-reactive ketones (excluding diaryl/α,β-unsaturated/α-hetero) is 1. The first-order chi connectivity index (χ1) is 14.6. The number of carbonyl (C=O) groups excluding carboxylic acids is 2. The molecular weight excluding hydrogens is 426 g/mol. The number of hydrogen-bond acceptors (Lipinski definition) is 8. The fourth-order valence-electron chi connectivity index (χ4n) is 2.71. The molecule has 0 fully saturated rings. The minimum absolute atomic E-state index is 0.141. The third-order valence-corrected chi connectivity index (χ3v) is 5.88. The molecule has 0 bridgehead atoms. The van der Waals surface area contributed by atoms with Crippen LogP contribution in [0.4, 0.5) is 11.4 Å². The van der Waals surface area contributed by atoms with Gasteiger partial charge in [-0.25, -0.2) is 8.42 Å². The van der Waals surface area contributed by atoms with Crippen molar-refractivity contribution in [2.45, 2.75) is 31.3 Å². The Morgan fingerprint density at radius 2 is 1.81 bits per heavy atom. The van der Waals surface area contributed by atoms with Crippen molar-refractivity contribution in [3.63, 3.8) is 0 Å². The summed E-state index contributed by atoms with van der Waals surface area (Å²) in [6.45, 7) is 2.63. The number of nitro groups is 1. The molecule has 0 spiro atoms. The number of nitrogens with zero attached hydrogens (tertiary/aromatic N) is 1. The summed E-state index contributed by atoms with van der Waals surface area (Å²) >= 11 is 0. The Hall–Kier alpha value is -3.31. The molecule has 166 valence electrons. The predicted octanol–water partition coefficient (Wildman–Crippen LogP) is 2.29. The number of aryl methyl sites for hydroxylation is 1. The molecule has 1 atom stereocenters. The molecule has 0 saturated carbocycles. The lowest BCUT2D eigenvalue weighted by molar-refractivity contribution is -0.384. The Kier molecular flexibility index (Phi) is 7.83. The van der Waals surface area contributed by atoms with E-state index in [-0.39, 0.29) is 10.6 Å². The van der Waals surface area contributed by atoms with Crippen LogP contribution < -0.4 is 10.0 Å². The van der Waals surface area contributed by atoms with Crippen molar-refractivity contribution < 1.29 is 27.7 Å². The second-order valence-electron chi connectivity index (χ2n) is 6.56. The number of esters is 1. The van der Waals surface area contributed by atoms with E-state index in [1.807, 2.05) is 11.6 Å². The zero-order valence-corrected chi connectivity index (χ0v) is 18.1. The number of ketones is 1. The van der Waals surface area contributed by atoms with E-state index in [1.165, 1.54) is 26.1 Å². The van der Waals surface area contributed by atoms with Crippen molar-refractivity contribution in [2.75, 3.05) is 18.9 Å². The Balaban J connectivity index is 2.01. The summed E-state index contributed by atoms with van der Waals surface area (Å²) in [6, 6.07) is 10.2. The summed E-state index contributed by atoms with van der Waals surface area (Å²) in [4.78, 5) is 34.4. The highest BCUT2D eigenvalue weighted by Crippen LogP contribution is 2.27. The Morgan fingerprint density at radius 3 is 2.35 bits per heavy atom. The minimum atomic E-state index is -4.22. The molecule has 31 heavy (non-hydrogen) atoms. The number of carbonyl (C=O) groups is 2. The molecule has 11 heteroatoms. The van der Waals surface area contributed by atoms with Gasteiger partial charge in [0, 0.05) is 18.7 Å². The average Bonchev–Trinajstić information content (AvgIpc) is 2.76. The first-order valence-electron chi connectivity index (χ1n) is 9.37.